The molecule has 1 unspecified atom stereocenters. The number of hydrogen-bond acceptors (Lipinski definition) is 4. The van der Waals surface area contributed by atoms with E-state index in [0.29, 0.717) is 11.6 Å². The predicted octanol–water partition coefficient (Wildman–Crippen LogP) is 2.86. The van der Waals surface area contributed by atoms with Crippen LogP contribution in [0.2, 0.25) is 0 Å². The summed E-state index contributed by atoms with van der Waals surface area (Å²) in [6, 6.07) is 0.121. The molecule has 1 heterocycles. The lowest BCUT2D eigenvalue weighted by Crippen LogP contribution is -2.39. The van der Waals surface area contributed by atoms with Crippen LogP contribution in [-0.4, -0.2) is 16.9 Å². The Kier molecular flexibility index (Phi) is 4.93. The Morgan fingerprint density at radius 3 is 2.68 bits per heavy atom. The van der Waals surface area contributed by atoms with Crippen molar-refractivity contribution in [2.45, 2.75) is 58.0 Å². The summed E-state index contributed by atoms with van der Waals surface area (Å²) in [5, 5.41) is 5.69. The molecular formula is C14H23N3OS. The summed E-state index contributed by atoms with van der Waals surface area (Å²) in [5.74, 6) is 0.547. The molecule has 1 aromatic heterocycles. The van der Waals surface area contributed by atoms with E-state index in [2.05, 4.69) is 17.2 Å². The Bertz CT molecular complexity index is 424. The molecule has 1 aliphatic rings. The van der Waals surface area contributed by atoms with Crippen LogP contribution < -0.4 is 11.1 Å². The minimum atomic E-state index is -0.109. The number of thiazole rings is 1. The number of carbonyl (C=O) groups excluding carboxylic acids is 1. The molecule has 0 spiro atoms. The third-order valence-electron chi connectivity index (χ3n) is 3.86. The average molecular weight is 281 g/mol. The molecule has 1 fully saturated rings. The van der Waals surface area contributed by atoms with Gasteiger partial charge >= 0.3 is 0 Å². The first-order valence-electron chi connectivity index (χ1n) is 7.10. The number of aromatic nitrogens is 1. The van der Waals surface area contributed by atoms with Crippen molar-refractivity contribution in [3.63, 3.8) is 0 Å². The topological polar surface area (TPSA) is 68.0 Å². The zero-order chi connectivity index (χ0) is 13.8. The van der Waals surface area contributed by atoms with Gasteiger partial charge in [0.15, 0.2) is 0 Å². The Labute approximate surface area is 118 Å². The maximum atomic E-state index is 12.1. The van der Waals surface area contributed by atoms with Crippen molar-refractivity contribution in [2.24, 2.45) is 11.7 Å². The standard InChI is InChI=1S/C14H23N3OS/c1-9(15)14-17-12(8-19-14)13(18)16-10(2)11-6-4-3-5-7-11/h8-11H,3-7,15H2,1-2H3,(H,16,18)/t9?,10-/m0/s1. The fourth-order valence-electron chi connectivity index (χ4n) is 2.63. The molecular weight excluding hydrogens is 258 g/mol. The molecule has 0 aliphatic heterocycles. The summed E-state index contributed by atoms with van der Waals surface area (Å²) < 4.78 is 0. The van der Waals surface area contributed by atoms with Gasteiger partial charge in [-0.2, -0.15) is 0 Å². The summed E-state index contributed by atoms with van der Waals surface area (Å²) in [4.78, 5) is 16.4. The molecule has 2 rings (SSSR count). The lowest BCUT2D eigenvalue weighted by molar-refractivity contribution is 0.0914. The van der Waals surface area contributed by atoms with Crippen LogP contribution >= 0.6 is 11.3 Å². The van der Waals surface area contributed by atoms with E-state index in [1.165, 1.54) is 43.4 Å². The highest BCUT2D eigenvalue weighted by atomic mass is 32.1. The van der Waals surface area contributed by atoms with Gasteiger partial charge in [-0.3, -0.25) is 4.79 Å². The summed E-state index contributed by atoms with van der Waals surface area (Å²) in [5.41, 5.74) is 6.26. The van der Waals surface area contributed by atoms with Crippen LogP contribution in [0.15, 0.2) is 5.38 Å². The van der Waals surface area contributed by atoms with Crippen LogP contribution in [0.5, 0.6) is 0 Å². The Morgan fingerprint density at radius 1 is 1.42 bits per heavy atom. The molecule has 1 aromatic rings. The van der Waals surface area contributed by atoms with E-state index in [9.17, 15) is 4.79 Å². The Hall–Kier alpha value is -0.940. The van der Waals surface area contributed by atoms with E-state index in [0.717, 1.165) is 5.01 Å². The zero-order valence-corrected chi connectivity index (χ0v) is 12.5. The van der Waals surface area contributed by atoms with Gasteiger partial charge in [-0.15, -0.1) is 11.3 Å². The molecule has 1 aliphatic carbocycles. The predicted molar refractivity (Wildman–Crippen MR) is 78.2 cm³/mol. The second-order valence-electron chi connectivity index (χ2n) is 5.52. The van der Waals surface area contributed by atoms with Crippen LogP contribution in [0.4, 0.5) is 0 Å². The van der Waals surface area contributed by atoms with E-state index in [1.54, 1.807) is 5.38 Å². The number of carbonyl (C=O) groups is 1. The lowest BCUT2D eigenvalue weighted by Gasteiger charge is -2.28. The summed E-state index contributed by atoms with van der Waals surface area (Å²) >= 11 is 1.45. The number of rotatable bonds is 4. The zero-order valence-electron chi connectivity index (χ0n) is 11.7. The first-order chi connectivity index (χ1) is 9.08. The molecule has 0 bridgehead atoms. The van der Waals surface area contributed by atoms with Gasteiger partial charge in [0, 0.05) is 11.4 Å². The molecule has 19 heavy (non-hydrogen) atoms. The summed E-state index contributed by atoms with van der Waals surface area (Å²) in [6.45, 7) is 3.98. The number of nitrogens with one attached hydrogen (secondary N) is 1. The maximum Gasteiger partial charge on any atom is 0.270 e. The molecule has 3 N–H and O–H groups in total. The molecule has 1 saturated carbocycles. The minimum absolute atomic E-state index is 0.0683. The summed E-state index contributed by atoms with van der Waals surface area (Å²) in [6.07, 6.45) is 6.36. The molecule has 4 nitrogen and oxygen atoms in total. The van der Waals surface area contributed by atoms with Gasteiger partial charge in [-0.1, -0.05) is 19.3 Å². The van der Waals surface area contributed by atoms with Crippen LogP contribution in [0, 0.1) is 5.92 Å². The van der Waals surface area contributed by atoms with Crippen molar-refractivity contribution in [1.29, 1.82) is 0 Å². The normalized spacial score (nSPS) is 19.9. The van der Waals surface area contributed by atoms with E-state index in [4.69, 9.17) is 5.73 Å². The second-order valence-corrected chi connectivity index (χ2v) is 6.41. The number of hydrogen-bond donors (Lipinski definition) is 2. The lowest BCUT2D eigenvalue weighted by atomic mass is 9.84. The van der Waals surface area contributed by atoms with E-state index in [-0.39, 0.29) is 18.0 Å². The van der Waals surface area contributed by atoms with Gasteiger partial charge in [0.2, 0.25) is 0 Å². The number of amides is 1. The quantitative estimate of drug-likeness (QED) is 0.891. The molecule has 106 valence electrons. The largest absolute Gasteiger partial charge is 0.348 e. The van der Waals surface area contributed by atoms with Gasteiger partial charge in [0.1, 0.15) is 10.7 Å². The van der Waals surface area contributed by atoms with Crippen LogP contribution in [0.25, 0.3) is 0 Å². The van der Waals surface area contributed by atoms with Gasteiger partial charge in [0.05, 0.1) is 6.04 Å². The smallest absolute Gasteiger partial charge is 0.270 e. The molecule has 0 aromatic carbocycles. The fraction of sp³-hybridized carbons (Fsp3) is 0.714. The third-order valence-corrected chi connectivity index (χ3v) is 4.91. The van der Waals surface area contributed by atoms with Gasteiger partial charge in [-0.25, -0.2) is 4.98 Å². The van der Waals surface area contributed by atoms with Crippen molar-refractivity contribution < 1.29 is 4.79 Å². The average Bonchev–Trinajstić information content (AvgIpc) is 2.89. The van der Waals surface area contributed by atoms with Crippen molar-refractivity contribution in [3.05, 3.63) is 16.1 Å². The highest BCUT2D eigenvalue weighted by Crippen LogP contribution is 2.26. The highest BCUT2D eigenvalue weighted by Gasteiger charge is 2.22. The van der Waals surface area contributed by atoms with E-state index < -0.39 is 0 Å². The summed E-state index contributed by atoms with van der Waals surface area (Å²) in [7, 11) is 0. The van der Waals surface area contributed by atoms with Gasteiger partial charge in [0.25, 0.3) is 5.91 Å². The first-order valence-corrected chi connectivity index (χ1v) is 7.97. The maximum absolute atomic E-state index is 12.1. The van der Waals surface area contributed by atoms with Crippen molar-refractivity contribution >= 4 is 17.2 Å². The highest BCUT2D eigenvalue weighted by molar-refractivity contribution is 7.09. The monoisotopic (exact) mass is 281 g/mol. The third kappa shape index (κ3) is 3.76. The molecule has 5 heteroatoms. The van der Waals surface area contributed by atoms with Crippen molar-refractivity contribution in [1.82, 2.24) is 10.3 Å². The molecule has 1 amide bonds. The van der Waals surface area contributed by atoms with Crippen LogP contribution in [-0.2, 0) is 0 Å². The van der Waals surface area contributed by atoms with E-state index in [1.807, 2.05) is 6.92 Å². The second kappa shape index (κ2) is 6.48. The fourth-order valence-corrected chi connectivity index (χ4v) is 3.39. The Morgan fingerprint density at radius 2 is 2.11 bits per heavy atom. The van der Waals surface area contributed by atoms with Crippen molar-refractivity contribution in [3.8, 4) is 0 Å². The van der Waals surface area contributed by atoms with Crippen LogP contribution in [0.1, 0.15) is 67.5 Å². The number of nitrogens with two attached hydrogens (primary N) is 1. The van der Waals surface area contributed by atoms with Crippen LogP contribution in [0.3, 0.4) is 0 Å². The van der Waals surface area contributed by atoms with Gasteiger partial charge in [-0.05, 0) is 32.6 Å². The SMILES string of the molecule is CC(N)c1nc(C(=O)N[C@@H](C)C2CCCCC2)cs1. The Balaban J connectivity index is 1.91. The van der Waals surface area contributed by atoms with E-state index >= 15 is 0 Å². The first kappa shape index (κ1) is 14.5. The number of nitrogens with zero attached hydrogens (tertiary/aromatic N) is 1. The van der Waals surface area contributed by atoms with Gasteiger partial charge < -0.3 is 11.1 Å². The minimum Gasteiger partial charge on any atom is -0.348 e. The molecule has 2 atom stereocenters. The molecule has 0 saturated heterocycles. The van der Waals surface area contributed by atoms with Crippen molar-refractivity contribution in [2.75, 3.05) is 0 Å². The molecule has 0 radical (unpaired) electrons.